The van der Waals surface area contributed by atoms with E-state index >= 15 is 0 Å². The van der Waals surface area contributed by atoms with Crippen LogP contribution < -0.4 is 10.6 Å². The summed E-state index contributed by atoms with van der Waals surface area (Å²) in [6.07, 6.45) is -0.914. The van der Waals surface area contributed by atoms with Gasteiger partial charge >= 0.3 is 12.0 Å². The molecule has 2 amide bonds. The molecule has 0 saturated carbocycles. The molecular formula is C38H39N3O6S2. The van der Waals surface area contributed by atoms with Crippen LogP contribution in [0.5, 0.6) is 0 Å². The number of thioether (sulfide) groups is 1. The van der Waals surface area contributed by atoms with Crippen LogP contribution in [0.15, 0.2) is 101 Å². The number of rotatable bonds is 12. The van der Waals surface area contributed by atoms with Crippen molar-refractivity contribution in [2.75, 3.05) is 18.9 Å². The van der Waals surface area contributed by atoms with Crippen LogP contribution in [0.3, 0.4) is 0 Å². The predicted molar refractivity (Wildman–Crippen MR) is 192 cm³/mol. The molecule has 1 aromatic heterocycles. The van der Waals surface area contributed by atoms with Crippen molar-refractivity contribution in [1.29, 1.82) is 0 Å². The third kappa shape index (κ3) is 8.67. The average Bonchev–Trinajstić information content (AvgIpc) is 3.56. The van der Waals surface area contributed by atoms with E-state index in [0.29, 0.717) is 0 Å². The summed E-state index contributed by atoms with van der Waals surface area (Å²) in [5.41, 5.74) is 6.69. The minimum Gasteiger partial charge on any atom is -0.465 e. The SMILES string of the molecule is CCOC(=O)CNC(=O)NCc1ccccc1-c1ccc([C@H]2O[C@@H](CSc3nc4ccccc4s3)[C@@H](C)[C@@H](c3ccc(CO)cc3)O2)cc1. The summed E-state index contributed by atoms with van der Waals surface area (Å²) in [4.78, 5) is 28.7. The standard InChI is InChI=1S/C38H39N3O6S2/c1-3-45-34(43)21-40-37(44)39-20-29-8-4-5-9-30(29)26-16-18-28(19-17-26)36-46-32(23-48-38-41-31-10-6-7-11-33(31)49-38)24(2)35(47-36)27-14-12-25(22-42)13-15-27/h4-19,24,32,35-36,42H,3,20-23H2,1-2H3,(H2,39,40,44)/t24-,32+,35+,36+/m1/s1. The van der Waals surface area contributed by atoms with E-state index < -0.39 is 18.3 Å². The van der Waals surface area contributed by atoms with Crippen LogP contribution in [-0.2, 0) is 32.2 Å². The molecule has 1 aliphatic rings. The molecule has 1 aliphatic heterocycles. The van der Waals surface area contributed by atoms with E-state index in [0.717, 1.165) is 49.0 Å². The topological polar surface area (TPSA) is 119 Å². The summed E-state index contributed by atoms with van der Waals surface area (Å²) in [5.74, 6) is 0.298. The monoisotopic (exact) mass is 697 g/mol. The van der Waals surface area contributed by atoms with Crippen LogP contribution in [0.25, 0.3) is 21.3 Å². The zero-order valence-electron chi connectivity index (χ0n) is 27.3. The van der Waals surface area contributed by atoms with Crippen LogP contribution in [-0.4, -0.2) is 47.1 Å². The second-order valence-electron chi connectivity index (χ2n) is 11.7. The lowest BCUT2D eigenvalue weighted by Crippen LogP contribution is -2.38. The summed E-state index contributed by atoms with van der Waals surface area (Å²) < 4.78 is 20.4. The molecule has 4 aromatic carbocycles. The molecule has 3 N–H and O–H groups in total. The molecule has 6 rings (SSSR count). The molecule has 1 fully saturated rings. The number of esters is 1. The number of ether oxygens (including phenoxy) is 3. The van der Waals surface area contributed by atoms with Gasteiger partial charge in [0.25, 0.3) is 0 Å². The van der Waals surface area contributed by atoms with Crippen LogP contribution in [0, 0.1) is 5.92 Å². The van der Waals surface area contributed by atoms with E-state index in [9.17, 15) is 14.7 Å². The minimum atomic E-state index is -0.589. The van der Waals surface area contributed by atoms with Crippen molar-refractivity contribution in [3.05, 3.63) is 119 Å². The van der Waals surface area contributed by atoms with Crippen molar-refractivity contribution >= 4 is 45.3 Å². The first kappa shape index (κ1) is 34.6. The summed E-state index contributed by atoms with van der Waals surface area (Å²) in [5, 5.41) is 14.9. The first-order valence-electron chi connectivity index (χ1n) is 16.3. The Labute approximate surface area is 294 Å². The third-order valence-corrected chi connectivity index (χ3v) is 10.7. The highest BCUT2D eigenvalue weighted by Gasteiger charge is 2.38. The number of hydrogen-bond donors (Lipinski definition) is 3. The molecule has 0 spiro atoms. The Bertz CT molecular complexity index is 1830. The Hall–Kier alpha value is -4.26. The molecule has 11 heteroatoms. The molecule has 5 aromatic rings. The van der Waals surface area contributed by atoms with Gasteiger partial charge in [-0.25, -0.2) is 9.78 Å². The van der Waals surface area contributed by atoms with Gasteiger partial charge in [-0.3, -0.25) is 4.79 Å². The number of amides is 2. The molecule has 1 saturated heterocycles. The molecule has 0 radical (unpaired) electrons. The zero-order chi connectivity index (χ0) is 34.2. The van der Waals surface area contributed by atoms with Crippen molar-refractivity contribution in [3.63, 3.8) is 0 Å². The van der Waals surface area contributed by atoms with Crippen LogP contribution in [0.2, 0.25) is 0 Å². The lowest BCUT2D eigenvalue weighted by atomic mass is 9.91. The average molecular weight is 698 g/mol. The summed E-state index contributed by atoms with van der Waals surface area (Å²) in [6, 6.07) is 31.6. The van der Waals surface area contributed by atoms with E-state index in [1.54, 1.807) is 30.0 Å². The molecule has 4 atom stereocenters. The fourth-order valence-electron chi connectivity index (χ4n) is 5.75. The minimum absolute atomic E-state index is 0.0112. The molecule has 0 bridgehead atoms. The van der Waals surface area contributed by atoms with Crippen LogP contribution in [0.4, 0.5) is 4.79 Å². The van der Waals surface area contributed by atoms with E-state index in [1.807, 2.05) is 91.0 Å². The van der Waals surface area contributed by atoms with Crippen molar-refractivity contribution in [1.82, 2.24) is 15.6 Å². The number of urea groups is 1. The van der Waals surface area contributed by atoms with Gasteiger partial charge in [0.1, 0.15) is 6.54 Å². The Morgan fingerprint density at radius 1 is 0.918 bits per heavy atom. The van der Waals surface area contributed by atoms with Crippen molar-refractivity contribution in [2.45, 2.75) is 49.8 Å². The second-order valence-corrected chi connectivity index (χ2v) is 14.0. The van der Waals surface area contributed by atoms with Gasteiger partial charge in [0.05, 0.1) is 35.6 Å². The number of nitrogens with zero attached hydrogens (tertiary/aromatic N) is 1. The quantitative estimate of drug-likeness (QED) is 0.0912. The number of carbonyl (C=O) groups excluding carboxylic acids is 2. The van der Waals surface area contributed by atoms with Gasteiger partial charge in [0, 0.05) is 23.8 Å². The largest absolute Gasteiger partial charge is 0.465 e. The highest BCUT2D eigenvalue weighted by Crippen LogP contribution is 2.44. The number of hydrogen-bond acceptors (Lipinski definition) is 9. The second kappa shape index (κ2) is 16.4. The van der Waals surface area contributed by atoms with Gasteiger partial charge in [-0.2, -0.15) is 0 Å². The number of fused-ring (bicyclic) bond motifs is 1. The highest BCUT2D eigenvalue weighted by atomic mass is 32.2. The van der Waals surface area contributed by atoms with E-state index in [-0.39, 0.29) is 44.4 Å². The van der Waals surface area contributed by atoms with Crippen molar-refractivity contribution in [3.8, 4) is 11.1 Å². The number of benzene rings is 4. The number of aliphatic hydroxyl groups is 1. The maximum absolute atomic E-state index is 12.3. The Morgan fingerprint density at radius 2 is 1.65 bits per heavy atom. The van der Waals surface area contributed by atoms with Crippen molar-refractivity contribution in [2.24, 2.45) is 5.92 Å². The molecular weight excluding hydrogens is 659 g/mol. The Morgan fingerprint density at radius 3 is 2.41 bits per heavy atom. The van der Waals surface area contributed by atoms with E-state index in [1.165, 1.54) is 4.70 Å². The van der Waals surface area contributed by atoms with Gasteiger partial charge in [-0.1, -0.05) is 104 Å². The summed E-state index contributed by atoms with van der Waals surface area (Å²) in [7, 11) is 0. The maximum atomic E-state index is 12.3. The van der Waals surface area contributed by atoms with Gasteiger partial charge < -0.3 is 30.0 Å². The summed E-state index contributed by atoms with van der Waals surface area (Å²) in [6.45, 7) is 4.22. The molecule has 0 unspecified atom stereocenters. The molecule has 9 nitrogen and oxygen atoms in total. The first-order chi connectivity index (χ1) is 23.9. The number of nitrogens with one attached hydrogen (secondary N) is 2. The molecule has 49 heavy (non-hydrogen) atoms. The summed E-state index contributed by atoms with van der Waals surface area (Å²) >= 11 is 3.40. The predicted octanol–water partition coefficient (Wildman–Crippen LogP) is 7.40. The van der Waals surface area contributed by atoms with Crippen molar-refractivity contribution < 1.29 is 28.9 Å². The molecule has 254 valence electrons. The normalized spacial score (nSPS) is 19.0. The highest BCUT2D eigenvalue weighted by molar-refractivity contribution is 8.01. The Kier molecular flexibility index (Phi) is 11.6. The Balaban J connectivity index is 1.18. The fourth-order valence-corrected chi connectivity index (χ4v) is 8.01. The molecule has 0 aliphatic carbocycles. The zero-order valence-corrected chi connectivity index (χ0v) is 29.0. The fraction of sp³-hybridized carbons (Fsp3) is 0.289. The van der Waals surface area contributed by atoms with Gasteiger partial charge in [0.15, 0.2) is 10.6 Å². The number of carbonyl (C=O) groups is 2. The van der Waals surface area contributed by atoms with Crippen LogP contribution in [0.1, 0.15) is 48.5 Å². The van der Waals surface area contributed by atoms with Crippen LogP contribution >= 0.6 is 23.1 Å². The first-order valence-corrected chi connectivity index (χ1v) is 18.1. The lowest BCUT2D eigenvalue weighted by Gasteiger charge is -2.41. The van der Waals surface area contributed by atoms with Gasteiger partial charge in [-0.05, 0) is 46.9 Å². The number of para-hydroxylation sites is 1. The van der Waals surface area contributed by atoms with Gasteiger partial charge in [0.2, 0.25) is 0 Å². The van der Waals surface area contributed by atoms with Gasteiger partial charge in [-0.15, -0.1) is 11.3 Å². The molecule has 2 heterocycles. The van der Waals surface area contributed by atoms with E-state index in [2.05, 4.69) is 23.6 Å². The van der Waals surface area contributed by atoms with E-state index in [4.69, 9.17) is 19.2 Å². The third-order valence-electron chi connectivity index (χ3n) is 8.42. The number of aromatic nitrogens is 1. The smallest absolute Gasteiger partial charge is 0.325 e. The number of thiazole rings is 1. The maximum Gasteiger partial charge on any atom is 0.325 e. The number of aliphatic hydroxyl groups excluding tert-OH is 1. The lowest BCUT2D eigenvalue weighted by molar-refractivity contribution is -0.268.